The van der Waals surface area contributed by atoms with E-state index in [2.05, 4.69) is 53.2 Å². The molecule has 0 radical (unpaired) electrons. The van der Waals surface area contributed by atoms with Crippen LogP contribution in [0.4, 0.5) is 0 Å². The van der Waals surface area contributed by atoms with Crippen molar-refractivity contribution in [1.82, 2.24) is 4.90 Å². The van der Waals surface area contributed by atoms with E-state index in [1.54, 1.807) is 24.3 Å². The van der Waals surface area contributed by atoms with Gasteiger partial charge in [0.15, 0.2) is 8.32 Å². The molecule has 0 spiro atoms. The number of hydrogen-bond donors (Lipinski definition) is 0. The van der Waals surface area contributed by atoms with Crippen molar-refractivity contribution in [3.8, 4) is 0 Å². The van der Waals surface area contributed by atoms with Crippen LogP contribution in [0.25, 0.3) is 0 Å². The topological polar surface area (TPSA) is 59.0 Å². The van der Waals surface area contributed by atoms with Gasteiger partial charge in [0.05, 0.1) is 10.9 Å². The number of likely N-dealkylation sites (tertiary alicyclic amines) is 1. The van der Waals surface area contributed by atoms with E-state index in [0.29, 0.717) is 6.54 Å². The second-order valence-corrected chi connectivity index (χ2v) is 16.1. The van der Waals surface area contributed by atoms with Gasteiger partial charge >= 0.3 is 0 Å². The van der Waals surface area contributed by atoms with Crippen molar-refractivity contribution in [2.75, 3.05) is 6.54 Å². The van der Waals surface area contributed by atoms with Gasteiger partial charge in [-0.15, -0.1) is 4.40 Å². The Morgan fingerprint density at radius 1 is 0.914 bits per heavy atom. The fourth-order valence-electron chi connectivity index (χ4n) is 4.85. The molecule has 184 valence electrons. The fourth-order valence-corrected chi connectivity index (χ4v) is 7.03. The van der Waals surface area contributed by atoms with Crippen LogP contribution in [0.15, 0.2) is 94.2 Å². The van der Waals surface area contributed by atoms with Gasteiger partial charge < -0.3 is 9.33 Å². The summed E-state index contributed by atoms with van der Waals surface area (Å²) < 4.78 is 37.2. The van der Waals surface area contributed by atoms with Gasteiger partial charge in [0.2, 0.25) is 0 Å². The van der Waals surface area contributed by atoms with Crippen LogP contribution in [-0.2, 0) is 20.1 Å². The third kappa shape index (κ3) is 5.58. The molecule has 1 aliphatic rings. The quantitative estimate of drug-likeness (QED) is 0.214. The van der Waals surface area contributed by atoms with Gasteiger partial charge in [-0.25, -0.2) is 0 Å². The van der Waals surface area contributed by atoms with Crippen molar-refractivity contribution in [2.45, 2.75) is 55.9 Å². The molecule has 0 amide bonds. The van der Waals surface area contributed by atoms with Gasteiger partial charge in [0, 0.05) is 6.54 Å². The van der Waals surface area contributed by atoms with Crippen LogP contribution < -0.4 is 0 Å². The Bertz CT molecular complexity index is 1220. The minimum atomic E-state index is -3.80. The monoisotopic (exact) mass is 506 g/mol. The molecule has 0 unspecified atom stereocenters. The second-order valence-electron chi connectivity index (χ2n) is 10.1. The number of nitrogens with zero attached hydrogens (tertiary/aromatic N) is 2. The lowest BCUT2D eigenvalue weighted by atomic mass is 9.79. The van der Waals surface area contributed by atoms with Crippen molar-refractivity contribution in [3.63, 3.8) is 0 Å². The van der Waals surface area contributed by atoms with Gasteiger partial charge in [-0.2, -0.15) is 8.42 Å². The molecule has 1 aliphatic heterocycles. The molecule has 0 bridgehead atoms. The van der Waals surface area contributed by atoms with Gasteiger partial charge in [-0.1, -0.05) is 78.4 Å². The van der Waals surface area contributed by atoms with E-state index in [1.165, 1.54) is 6.34 Å². The van der Waals surface area contributed by atoms with Crippen molar-refractivity contribution in [1.29, 1.82) is 0 Å². The van der Waals surface area contributed by atoms with Crippen molar-refractivity contribution in [2.24, 2.45) is 4.40 Å². The number of benzene rings is 3. The van der Waals surface area contributed by atoms with Crippen LogP contribution in [-0.4, -0.2) is 40.6 Å². The van der Waals surface area contributed by atoms with Crippen LogP contribution in [0, 0.1) is 6.92 Å². The molecular formula is C28H34N2O3SSi. The molecule has 1 saturated heterocycles. The Hall–Kier alpha value is -2.74. The first-order valence-corrected chi connectivity index (χ1v) is 16.9. The number of rotatable bonds is 8. The van der Waals surface area contributed by atoms with Crippen molar-refractivity contribution < 1.29 is 12.8 Å². The third-order valence-corrected chi connectivity index (χ3v) is 8.46. The van der Waals surface area contributed by atoms with E-state index in [4.69, 9.17) is 4.43 Å². The predicted molar refractivity (Wildman–Crippen MR) is 145 cm³/mol. The Labute approximate surface area is 210 Å². The van der Waals surface area contributed by atoms with Gasteiger partial charge in [-0.05, 0) is 62.7 Å². The van der Waals surface area contributed by atoms with E-state index in [-0.39, 0.29) is 10.9 Å². The minimum Gasteiger partial charge on any atom is -0.402 e. The average molecular weight is 507 g/mol. The number of sulfonamides is 1. The van der Waals surface area contributed by atoms with Gasteiger partial charge in [0.25, 0.3) is 10.0 Å². The van der Waals surface area contributed by atoms with E-state index in [9.17, 15) is 8.42 Å². The zero-order chi connectivity index (χ0) is 25.1. The Morgan fingerprint density at radius 3 is 1.97 bits per heavy atom. The second kappa shape index (κ2) is 10.1. The summed E-state index contributed by atoms with van der Waals surface area (Å²) in [4.78, 5) is 2.26. The van der Waals surface area contributed by atoms with Crippen LogP contribution in [0.1, 0.15) is 29.5 Å². The molecule has 0 aliphatic carbocycles. The highest BCUT2D eigenvalue weighted by atomic mass is 32.2. The molecular weight excluding hydrogens is 472 g/mol. The van der Waals surface area contributed by atoms with Crippen LogP contribution in [0.3, 0.4) is 0 Å². The fraction of sp³-hybridized carbons (Fsp3) is 0.321. The van der Waals surface area contributed by atoms with Gasteiger partial charge in [0.1, 0.15) is 11.9 Å². The normalized spacial score (nSPS) is 17.3. The highest BCUT2D eigenvalue weighted by Crippen LogP contribution is 2.45. The first-order chi connectivity index (χ1) is 16.6. The van der Waals surface area contributed by atoms with Gasteiger partial charge in [-0.3, -0.25) is 0 Å². The van der Waals surface area contributed by atoms with Crippen molar-refractivity contribution in [3.05, 3.63) is 102 Å². The predicted octanol–water partition coefficient (Wildman–Crippen LogP) is 5.97. The number of hydrogen-bond acceptors (Lipinski definition) is 3. The summed E-state index contributed by atoms with van der Waals surface area (Å²) in [7, 11) is -5.86. The Morgan fingerprint density at radius 2 is 1.46 bits per heavy atom. The molecule has 3 aromatic carbocycles. The lowest BCUT2D eigenvalue weighted by Crippen LogP contribution is -2.54. The molecule has 1 atom stereocenters. The molecule has 1 heterocycles. The zero-order valence-corrected chi connectivity index (χ0v) is 22.7. The molecule has 35 heavy (non-hydrogen) atoms. The van der Waals surface area contributed by atoms with E-state index in [1.807, 2.05) is 43.3 Å². The maximum Gasteiger partial charge on any atom is 0.283 e. The Kier molecular flexibility index (Phi) is 7.31. The maximum absolute atomic E-state index is 13.0. The van der Waals surface area contributed by atoms with E-state index >= 15 is 0 Å². The van der Waals surface area contributed by atoms with Crippen LogP contribution in [0.5, 0.6) is 0 Å². The Balaban J connectivity index is 1.81. The molecule has 0 N–H and O–H groups in total. The van der Waals surface area contributed by atoms with Crippen LogP contribution >= 0.6 is 0 Å². The van der Waals surface area contributed by atoms with Crippen molar-refractivity contribution >= 4 is 24.7 Å². The summed E-state index contributed by atoms with van der Waals surface area (Å²) in [6.07, 6.45) is 3.31. The summed E-state index contributed by atoms with van der Waals surface area (Å²) in [6, 6.07) is 27.3. The third-order valence-electron chi connectivity index (χ3n) is 6.29. The summed E-state index contributed by atoms with van der Waals surface area (Å²) in [5, 5.41) is 0. The first-order valence-electron chi connectivity index (χ1n) is 12.1. The smallest absolute Gasteiger partial charge is 0.283 e. The molecule has 4 rings (SSSR count). The summed E-state index contributed by atoms with van der Waals surface area (Å²) in [5.41, 5.74) is 2.40. The van der Waals surface area contributed by atoms with E-state index < -0.39 is 23.9 Å². The molecule has 0 saturated carbocycles. The molecule has 1 fully saturated rings. The minimum absolute atomic E-state index is 0.101. The lowest BCUT2D eigenvalue weighted by molar-refractivity contribution is 0.0364. The first kappa shape index (κ1) is 25.4. The average Bonchev–Trinajstić information content (AvgIpc) is 3.31. The molecule has 5 nitrogen and oxygen atoms in total. The van der Waals surface area contributed by atoms with E-state index in [0.717, 1.165) is 29.5 Å². The number of aryl methyl sites for hydroxylation is 1. The highest BCUT2D eigenvalue weighted by molar-refractivity contribution is 7.90. The largest absolute Gasteiger partial charge is 0.402 e. The standard InChI is InChI=1S/C28H34N2O3SSi/c1-23-17-19-26(20-18-23)34(31,32)29-22-30-21-11-16-27(30)28(33-35(2,3)4,24-12-7-5-8-13-24)25-14-9-6-10-15-25/h5-10,12-15,17-20,22,27H,11,16,21H2,1-4H3/b29-22-/t27-/m0/s1. The van der Waals surface area contributed by atoms with Crippen LogP contribution in [0.2, 0.25) is 19.6 Å². The summed E-state index contributed by atoms with van der Waals surface area (Å²) in [5.74, 6) is 0. The molecule has 3 aromatic rings. The molecule has 0 aromatic heterocycles. The zero-order valence-electron chi connectivity index (χ0n) is 20.9. The lowest BCUT2D eigenvalue weighted by Gasteiger charge is -2.47. The molecule has 7 heteroatoms. The maximum atomic E-state index is 13.0. The highest BCUT2D eigenvalue weighted by Gasteiger charge is 2.49. The summed E-state index contributed by atoms with van der Waals surface area (Å²) in [6.45, 7) is 9.24. The summed E-state index contributed by atoms with van der Waals surface area (Å²) >= 11 is 0. The SMILES string of the molecule is Cc1ccc(S(=O)(=O)/N=C\N2CCC[C@H]2C(O[Si](C)(C)C)(c2ccccc2)c2ccccc2)cc1.